The molecule has 1 unspecified atom stereocenters. The van der Waals surface area contributed by atoms with Crippen molar-refractivity contribution in [2.75, 3.05) is 11.9 Å². The number of nitrogen functional groups attached to an aromatic ring is 1. The van der Waals surface area contributed by atoms with Gasteiger partial charge in [-0.2, -0.15) is 0 Å². The largest absolute Gasteiger partial charge is 0.490 e. The van der Waals surface area contributed by atoms with Crippen LogP contribution in [0.5, 0.6) is 11.5 Å². The molecule has 0 saturated heterocycles. The molecule has 0 spiro atoms. The Morgan fingerprint density at radius 3 is 2.41 bits per heavy atom. The molecule has 2 aromatic carbocycles. The standard InChI is InChI=1S/C27H32N6O4/c1-5-36-23-14-19(8-11-22(23)37-16(2)3)24(31-20-9-6-18(7-10-20)25(28)29)27(35)33-32-26(34)21-15-30-13-12-17(21)4/h6-16,24,31H,5H2,1-4H3,(H3,28,29)(H,32,34)(H,33,35). The van der Waals surface area contributed by atoms with Gasteiger partial charge in [0.2, 0.25) is 0 Å². The van der Waals surface area contributed by atoms with Gasteiger partial charge in [-0.1, -0.05) is 6.07 Å². The molecule has 10 heteroatoms. The Hall–Kier alpha value is -4.60. The summed E-state index contributed by atoms with van der Waals surface area (Å²) in [6.07, 6.45) is 2.96. The number of aromatic nitrogens is 1. The van der Waals surface area contributed by atoms with E-state index in [1.54, 1.807) is 61.7 Å². The Bertz CT molecular complexity index is 1260. The molecule has 1 atom stereocenters. The Labute approximate surface area is 216 Å². The number of pyridine rings is 1. The summed E-state index contributed by atoms with van der Waals surface area (Å²) in [5.74, 6) is 0.00207. The van der Waals surface area contributed by atoms with Crippen LogP contribution in [0, 0.1) is 12.3 Å². The van der Waals surface area contributed by atoms with Gasteiger partial charge in [-0.3, -0.25) is 30.8 Å². The highest BCUT2D eigenvalue weighted by Gasteiger charge is 2.24. The lowest BCUT2D eigenvalue weighted by Gasteiger charge is -2.22. The van der Waals surface area contributed by atoms with Gasteiger partial charge in [0.1, 0.15) is 11.9 Å². The minimum atomic E-state index is -0.911. The molecule has 6 N–H and O–H groups in total. The van der Waals surface area contributed by atoms with Crippen LogP contribution in [0.4, 0.5) is 5.69 Å². The van der Waals surface area contributed by atoms with Crippen molar-refractivity contribution in [3.05, 3.63) is 83.2 Å². The normalized spacial score (nSPS) is 11.4. The maximum absolute atomic E-state index is 13.3. The number of nitrogens with two attached hydrogens (primary N) is 1. The Balaban J connectivity index is 1.89. The van der Waals surface area contributed by atoms with E-state index in [0.29, 0.717) is 40.5 Å². The van der Waals surface area contributed by atoms with Crippen molar-refractivity contribution in [1.82, 2.24) is 15.8 Å². The molecule has 10 nitrogen and oxygen atoms in total. The number of carbonyl (C=O) groups is 2. The van der Waals surface area contributed by atoms with Gasteiger partial charge >= 0.3 is 0 Å². The highest BCUT2D eigenvalue weighted by atomic mass is 16.5. The number of nitrogens with one attached hydrogen (secondary N) is 4. The molecule has 0 fully saturated rings. The van der Waals surface area contributed by atoms with Gasteiger partial charge in [-0.15, -0.1) is 0 Å². The van der Waals surface area contributed by atoms with Gasteiger partial charge in [0.25, 0.3) is 11.8 Å². The Morgan fingerprint density at radius 2 is 1.78 bits per heavy atom. The molecule has 0 radical (unpaired) electrons. The molecule has 0 aliphatic rings. The Kier molecular flexibility index (Phi) is 9.04. The number of rotatable bonds is 10. The van der Waals surface area contributed by atoms with Crippen LogP contribution in [-0.2, 0) is 4.79 Å². The minimum Gasteiger partial charge on any atom is -0.490 e. The first kappa shape index (κ1) is 27.0. The summed E-state index contributed by atoms with van der Waals surface area (Å²) in [5, 5.41) is 10.8. The lowest BCUT2D eigenvalue weighted by molar-refractivity contribution is -0.122. The fraction of sp³-hybridized carbons (Fsp3) is 0.259. The number of anilines is 1. The third-order valence-electron chi connectivity index (χ3n) is 5.32. The number of ether oxygens (including phenoxy) is 2. The average Bonchev–Trinajstić information content (AvgIpc) is 2.87. The molecule has 1 heterocycles. The van der Waals surface area contributed by atoms with Crippen LogP contribution in [0.2, 0.25) is 0 Å². The van der Waals surface area contributed by atoms with Crippen LogP contribution < -0.4 is 31.4 Å². The zero-order valence-corrected chi connectivity index (χ0v) is 21.3. The van der Waals surface area contributed by atoms with E-state index in [2.05, 4.69) is 21.2 Å². The fourth-order valence-corrected chi connectivity index (χ4v) is 3.50. The number of aryl methyl sites for hydroxylation is 1. The zero-order chi connectivity index (χ0) is 26.9. The number of benzene rings is 2. The zero-order valence-electron chi connectivity index (χ0n) is 21.3. The second kappa shape index (κ2) is 12.4. The third kappa shape index (κ3) is 7.20. The van der Waals surface area contributed by atoms with Gasteiger partial charge in [-0.05, 0) is 81.3 Å². The average molecular weight is 505 g/mol. The number of amidine groups is 1. The van der Waals surface area contributed by atoms with Crippen LogP contribution in [0.15, 0.2) is 60.9 Å². The molecular weight excluding hydrogens is 472 g/mol. The first-order chi connectivity index (χ1) is 17.7. The number of carbonyl (C=O) groups excluding carboxylic acids is 2. The Morgan fingerprint density at radius 1 is 1.05 bits per heavy atom. The summed E-state index contributed by atoms with van der Waals surface area (Å²) in [5.41, 5.74) is 13.3. The van der Waals surface area contributed by atoms with Gasteiger partial charge in [-0.25, -0.2) is 0 Å². The summed E-state index contributed by atoms with van der Waals surface area (Å²) in [4.78, 5) is 29.9. The molecule has 1 aromatic heterocycles. The van der Waals surface area contributed by atoms with E-state index in [0.717, 1.165) is 5.56 Å². The van der Waals surface area contributed by atoms with Crippen molar-refractivity contribution in [3.8, 4) is 11.5 Å². The maximum atomic E-state index is 13.3. The summed E-state index contributed by atoms with van der Waals surface area (Å²) in [7, 11) is 0. The van der Waals surface area contributed by atoms with E-state index in [1.165, 1.54) is 6.20 Å². The topological polar surface area (TPSA) is 151 Å². The first-order valence-corrected chi connectivity index (χ1v) is 11.8. The van der Waals surface area contributed by atoms with Crippen molar-refractivity contribution < 1.29 is 19.1 Å². The summed E-state index contributed by atoms with van der Waals surface area (Å²) >= 11 is 0. The molecule has 0 aliphatic carbocycles. The summed E-state index contributed by atoms with van der Waals surface area (Å²) in [6, 6.07) is 12.8. The van der Waals surface area contributed by atoms with E-state index in [9.17, 15) is 9.59 Å². The maximum Gasteiger partial charge on any atom is 0.271 e. The molecule has 0 bridgehead atoms. The molecule has 2 amide bonds. The van der Waals surface area contributed by atoms with Crippen molar-refractivity contribution in [2.45, 2.75) is 39.8 Å². The molecule has 0 aliphatic heterocycles. The summed E-state index contributed by atoms with van der Waals surface area (Å²) < 4.78 is 11.6. The van der Waals surface area contributed by atoms with E-state index >= 15 is 0 Å². The van der Waals surface area contributed by atoms with Gasteiger partial charge < -0.3 is 20.5 Å². The smallest absolute Gasteiger partial charge is 0.271 e. The first-order valence-electron chi connectivity index (χ1n) is 11.8. The van der Waals surface area contributed by atoms with E-state index in [1.807, 2.05) is 20.8 Å². The van der Waals surface area contributed by atoms with Crippen molar-refractivity contribution in [3.63, 3.8) is 0 Å². The van der Waals surface area contributed by atoms with E-state index < -0.39 is 17.9 Å². The van der Waals surface area contributed by atoms with Crippen LogP contribution in [-0.4, -0.2) is 35.3 Å². The molecular formula is C27H32N6O4. The second-order valence-corrected chi connectivity index (χ2v) is 8.51. The molecule has 194 valence electrons. The predicted molar refractivity (Wildman–Crippen MR) is 142 cm³/mol. The highest BCUT2D eigenvalue weighted by Crippen LogP contribution is 2.32. The minimum absolute atomic E-state index is 0.0589. The quantitative estimate of drug-likeness (QED) is 0.161. The predicted octanol–water partition coefficient (Wildman–Crippen LogP) is 3.47. The number of hydrazine groups is 1. The van der Waals surface area contributed by atoms with Crippen LogP contribution in [0.3, 0.4) is 0 Å². The van der Waals surface area contributed by atoms with E-state index in [-0.39, 0.29) is 11.9 Å². The van der Waals surface area contributed by atoms with E-state index in [4.69, 9.17) is 20.6 Å². The summed E-state index contributed by atoms with van der Waals surface area (Å²) in [6.45, 7) is 7.89. The van der Waals surface area contributed by atoms with Crippen LogP contribution >= 0.6 is 0 Å². The van der Waals surface area contributed by atoms with Crippen LogP contribution in [0.1, 0.15) is 53.9 Å². The van der Waals surface area contributed by atoms with Crippen molar-refractivity contribution in [2.24, 2.45) is 5.73 Å². The molecule has 3 rings (SSSR count). The fourth-order valence-electron chi connectivity index (χ4n) is 3.50. The van der Waals surface area contributed by atoms with Gasteiger partial charge in [0.15, 0.2) is 11.5 Å². The van der Waals surface area contributed by atoms with Crippen molar-refractivity contribution in [1.29, 1.82) is 5.41 Å². The third-order valence-corrected chi connectivity index (χ3v) is 5.32. The molecule has 0 saturated carbocycles. The van der Waals surface area contributed by atoms with Crippen LogP contribution in [0.25, 0.3) is 0 Å². The highest BCUT2D eigenvalue weighted by molar-refractivity contribution is 5.97. The molecule has 3 aromatic rings. The number of hydrogen-bond donors (Lipinski definition) is 5. The van der Waals surface area contributed by atoms with Gasteiger partial charge in [0, 0.05) is 23.6 Å². The monoisotopic (exact) mass is 504 g/mol. The SMILES string of the molecule is CCOc1cc(C(Nc2ccc(C(=N)N)cc2)C(=O)NNC(=O)c2cnccc2C)ccc1OC(C)C. The lowest BCUT2D eigenvalue weighted by Crippen LogP contribution is -2.45. The number of amides is 2. The van der Waals surface area contributed by atoms with Crippen molar-refractivity contribution >= 4 is 23.3 Å². The molecule has 37 heavy (non-hydrogen) atoms. The number of nitrogens with zero attached hydrogens (tertiary/aromatic N) is 1. The lowest BCUT2D eigenvalue weighted by atomic mass is 10.0. The van der Waals surface area contributed by atoms with Gasteiger partial charge in [0.05, 0.1) is 18.3 Å². The number of hydrogen-bond acceptors (Lipinski definition) is 7. The second-order valence-electron chi connectivity index (χ2n) is 8.51.